The standard InChI is InChI=1S/C9H13NO5S2.H3N/c11-17(12,13)3-1-2-10-9-4-14-7-5-16-6-8(7)15-9;/h5-6,9-10H,1-4H2,(H,11,12,13);1H3. The number of hydrogen-bond acceptors (Lipinski definition) is 7. The first-order chi connectivity index (χ1) is 8.04. The summed E-state index contributed by atoms with van der Waals surface area (Å²) < 4.78 is 40.5. The van der Waals surface area contributed by atoms with Gasteiger partial charge in [-0.05, 0) is 13.0 Å². The van der Waals surface area contributed by atoms with Crippen LogP contribution in [0.15, 0.2) is 10.8 Å². The van der Waals surface area contributed by atoms with E-state index in [2.05, 4.69) is 5.32 Å². The highest BCUT2D eigenvalue weighted by Gasteiger charge is 2.20. The highest BCUT2D eigenvalue weighted by molar-refractivity contribution is 7.85. The fraction of sp³-hybridized carbons (Fsp3) is 0.556. The summed E-state index contributed by atoms with van der Waals surface area (Å²) in [5.74, 6) is 1.19. The quantitative estimate of drug-likeness (QED) is 0.544. The number of rotatable bonds is 5. The van der Waals surface area contributed by atoms with Gasteiger partial charge >= 0.3 is 0 Å². The first kappa shape index (κ1) is 15.2. The maximum absolute atomic E-state index is 10.5. The zero-order chi connectivity index (χ0) is 12.3. The molecule has 1 unspecified atom stereocenters. The van der Waals surface area contributed by atoms with Gasteiger partial charge in [0, 0.05) is 10.8 Å². The van der Waals surface area contributed by atoms with Gasteiger partial charge in [0.25, 0.3) is 10.1 Å². The van der Waals surface area contributed by atoms with Gasteiger partial charge in [-0.25, -0.2) is 0 Å². The molecule has 1 atom stereocenters. The largest absolute Gasteiger partial charge is 0.483 e. The molecule has 0 aliphatic carbocycles. The Morgan fingerprint density at radius 3 is 2.89 bits per heavy atom. The molecule has 0 radical (unpaired) electrons. The summed E-state index contributed by atoms with van der Waals surface area (Å²) >= 11 is 1.50. The number of fused-ring (bicyclic) bond motifs is 1. The molecular formula is C9H16N2O5S2. The lowest BCUT2D eigenvalue weighted by Gasteiger charge is -2.25. The molecule has 18 heavy (non-hydrogen) atoms. The van der Waals surface area contributed by atoms with Gasteiger partial charge in [0.2, 0.25) is 0 Å². The molecule has 0 saturated carbocycles. The predicted molar refractivity (Wildman–Crippen MR) is 68.3 cm³/mol. The monoisotopic (exact) mass is 296 g/mol. The van der Waals surface area contributed by atoms with Gasteiger partial charge in [0.05, 0.1) is 5.75 Å². The predicted octanol–water partition coefficient (Wildman–Crippen LogP) is 0.875. The van der Waals surface area contributed by atoms with Crippen LogP contribution in [0.2, 0.25) is 0 Å². The molecule has 0 amide bonds. The molecule has 104 valence electrons. The Hall–Kier alpha value is -0.870. The zero-order valence-corrected chi connectivity index (χ0v) is 11.3. The molecule has 2 rings (SSSR count). The average Bonchev–Trinajstić information content (AvgIpc) is 2.70. The van der Waals surface area contributed by atoms with Crippen molar-refractivity contribution in [1.29, 1.82) is 0 Å². The summed E-state index contributed by atoms with van der Waals surface area (Å²) in [6.07, 6.45) is 0.0494. The number of ether oxygens (including phenoxy) is 2. The SMILES string of the molecule is N.O=S(=O)(O)CCCNC1COc2cscc2O1. The molecule has 1 aromatic rings. The third-order valence-electron chi connectivity index (χ3n) is 2.20. The topological polar surface area (TPSA) is 120 Å². The molecule has 1 aliphatic heterocycles. The van der Waals surface area contributed by atoms with Crippen LogP contribution in [0.1, 0.15) is 6.42 Å². The van der Waals surface area contributed by atoms with Crippen LogP contribution in [0.25, 0.3) is 0 Å². The molecule has 0 saturated heterocycles. The summed E-state index contributed by atoms with van der Waals surface area (Å²) in [7, 11) is -3.88. The molecule has 0 fully saturated rings. The first-order valence-electron chi connectivity index (χ1n) is 5.09. The number of hydrogen-bond donors (Lipinski definition) is 3. The minimum absolute atomic E-state index is 0. The van der Waals surface area contributed by atoms with Crippen molar-refractivity contribution >= 4 is 21.5 Å². The second-order valence-electron chi connectivity index (χ2n) is 3.61. The Labute approximate surface area is 109 Å². The van der Waals surface area contributed by atoms with E-state index < -0.39 is 10.1 Å². The van der Waals surface area contributed by atoms with Crippen molar-refractivity contribution in [1.82, 2.24) is 11.5 Å². The molecule has 5 N–H and O–H groups in total. The third-order valence-corrected chi connectivity index (χ3v) is 3.71. The van der Waals surface area contributed by atoms with Gasteiger partial charge in [-0.3, -0.25) is 9.87 Å². The van der Waals surface area contributed by atoms with Gasteiger partial charge in [0.1, 0.15) is 6.61 Å². The Bertz CT molecular complexity index is 473. The highest BCUT2D eigenvalue weighted by atomic mass is 32.2. The van der Waals surface area contributed by atoms with E-state index in [0.717, 1.165) is 5.75 Å². The van der Waals surface area contributed by atoms with Crippen LogP contribution in [0.3, 0.4) is 0 Å². The third kappa shape index (κ3) is 4.42. The molecular weight excluding hydrogens is 280 g/mol. The van der Waals surface area contributed by atoms with Crippen molar-refractivity contribution in [3.63, 3.8) is 0 Å². The van der Waals surface area contributed by atoms with Crippen LogP contribution < -0.4 is 20.9 Å². The Kier molecular flexibility index (Phi) is 5.35. The molecule has 0 bridgehead atoms. The van der Waals surface area contributed by atoms with Gasteiger partial charge < -0.3 is 15.6 Å². The average molecular weight is 296 g/mol. The van der Waals surface area contributed by atoms with Crippen molar-refractivity contribution in [3.8, 4) is 11.5 Å². The lowest BCUT2D eigenvalue weighted by Crippen LogP contribution is -2.42. The smallest absolute Gasteiger partial charge is 0.264 e. The normalized spacial score (nSPS) is 18.2. The summed E-state index contributed by atoms with van der Waals surface area (Å²) in [5.41, 5.74) is 0. The van der Waals surface area contributed by atoms with Crippen LogP contribution in [-0.2, 0) is 10.1 Å². The van der Waals surface area contributed by atoms with Gasteiger partial charge in [-0.15, -0.1) is 11.3 Å². The van der Waals surface area contributed by atoms with E-state index in [1.807, 2.05) is 10.8 Å². The Morgan fingerprint density at radius 2 is 2.17 bits per heavy atom. The van der Waals surface area contributed by atoms with Crippen molar-refractivity contribution in [2.45, 2.75) is 12.6 Å². The first-order valence-corrected chi connectivity index (χ1v) is 7.64. The lowest BCUT2D eigenvalue weighted by atomic mass is 10.4. The van der Waals surface area contributed by atoms with E-state index in [1.54, 1.807) is 0 Å². The van der Waals surface area contributed by atoms with Crippen LogP contribution in [-0.4, -0.2) is 38.1 Å². The van der Waals surface area contributed by atoms with Crippen molar-refractivity contribution in [2.75, 3.05) is 18.9 Å². The number of thiophene rings is 1. The second-order valence-corrected chi connectivity index (χ2v) is 5.93. The van der Waals surface area contributed by atoms with Crippen LogP contribution in [0, 0.1) is 0 Å². The Morgan fingerprint density at radius 1 is 1.44 bits per heavy atom. The van der Waals surface area contributed by atoms with Crippen molar-refractivity contribution in [3.05, 3.63) is 10.8 Å². The van der Waals surface area contributed by atoms with Crippen LogP contribution >= 0.6 is 11.3 Å². The molecule has 7 nitrogen and oxygen atoms in total. The molecule has 0 spiro atoms. The van der Waals surface area contributed by atoms with Gasteiger partial charge in [-0.1, -0.05) is 0 Å². The fourth-order valence-electron chi connectivity index (χ4n) is 1.44. The molecule has 1 aliphatic rings. The fourth-order valence-corrected chi connectivity index (χ4v) is 2.62. The second kappa shape index (κ2) is 6.34. The van der Waals surface area contributed by atoms with Crippen LogP contribution in [0.5, 0.6) is 11.5 Å². The van der Waals surface area contributed by atoms with Crippen molar-refractivity contribution in [2.24, 2.45) is 0 Å². The maximum atomic E-state index is 10.5. The van der Waals surface area contributed by atoms with Gasteiger partial charge in [-0.2, -0.15) is 8.42 Å². The zero-order valence-electron chi connectivity index (χ0n) is 9.66. The van der Waals surface area contributed by atoms with E-state index in [4.69, 9.17) is 14.0 Å². The highest BCUT2D eigenvalue weighted by Crippen LogP contribution is 2.34. The van der Waals surface area contributed by atoms with E-state index >= 15 is 0 Å². The molecule has 2 heterocycles. The minimum Gasteiger partial charge on any atom is -0.483 e. The summed E-state index contributed by atoms with van der Waals surface area (Å²) in [6.45, 7) is 0.822. The molecule has 9 heteroatoms. The van der Waals surface area contributed by atoms with E-state index in [-0.39, 0.29) is 18.1 Å². The van der Waals surface area contributed by atoms with E-state index in [9.17, 15) is 8.42 Å². The molecule has 1 aromatic heterocycles. The van der Waals surface area contributed by atoms with Crippen molar-refractivity contribution < 1.29 is 22.4 Å². The van der Waals surface area contributed by atoms with E-state index in [0.29, 0.717) is 25.3 Å². The summed E-state index contributed by atoms with van der Waals surface area (Å²) in [4.78, 5) is 0. The van der Waals surface area contributed by atoms with Gasteiger partial charge in [0.15, 0.2) is 17.7 Å². The van der Waals surface area contributed by atoms with E-state index in [1.165, 1.54) is 11.3 Å². The molecule has 0 aromatic carbocycles. The number of nitrogens with one attached hydrogen (secondary N) is 1. The summed E-state index contributed by atoms with van der Waals surface area (Å²) in [5, 5.41) is 6.72. The van der Waals surface area contributed by atoms with Crippen LogP contribution in [0.4, 0.5) is 0 Å². The Balaban J connectivity index is 0.00000162. The summed E-state index contributed by atoms with van der Waals surface area (Å²) in [6, 6.07) is 0. The lowest BCUT2D eigenvalue weighted by molar-refractivity contribution is 0.0682. The maximum Gasteiger partial charge on any atom is 0.264 e. The minimum atomic E-state index is -3.88.